The third-order valence-corrected chi connectivity index (χ3v) is 3.13. The number of ether oxygens (including phenoxy) is 2. The highest BCUT2D eigenvalue weighted by Gasteiger charge is 2.14. The Balaban J connectivity index is 1.63. The highest BCUT2D eigenvalue weighted by atomic mass is 16.6. The van der Waals surface area contributed by atoms with Crippen LogP contribution in [0.1, 0.15) is 32.6 Å². The van der Waals surface area contributed by atoms with Crippen LogP contribution in [-0.2, 0) is 0 Å². The zero-order valence-corrected chi connectivity index (χ0v) is 13.1. The molecule has 0 unspecified atom stereocenters. The summed E-state index contributed by atoms with van der Waals surface area (Å²) in [5, 5.41) is 0. The Labute approximate surface area is 137 Å². The van der Waals surface area contributed by atoms with Gasteiger partial charge in [-0.2, -0.15) is 0 Å². The Bertz CT molecular complexity index is 796. The first kappa shape index (κ1) is 15.6. The lowest BCUT2D eigenvalue weighted by Crippen LogP contribution is -2.08. The van der Waals surface area contributed by atoms with Gasteiger partial charge in [-0.25, -0.2) is 9.59 Å². The number of carbonyl (C=O) groups excluding carboxylic acids is 2. The molecule has 6 heteroatoms. The van der Waals surface area contributed by atoms with Gasteiger partial charge >= 0.3 is 11.9 Å². The summed E-state index contributed by atoms with van der Waals surface area (Å²) in [5.74, 6) is 0.908. The van der Waals surface area contributed by atoms with Gasteiger partial charge in [-0.1, -0.05) is 0 Å². The second-order valence-corrected chi connectivity index (χ2v) is 5.07. The minimum atomic E-state index is -0.598. The predicted molar refractivity (Wildman–Crippen MR) is 83.2 cm³/mol. The van der Waals surface area contributed by atoms with E-state index in [0.29, 0.717) is 23.0 Å². The van der Waals surface area contributed by atoms with E-state index in [1.165, 1.54) is 24.3 Å². The fourth-order valence-electron chi connectivity index (χ4n) is 1.98. The molecule has 2 heterocycles. The molecule has 0 radical (unpaired) electrons. The number of carbonyl (C=O) groups is 2. The van der Waals surface area contributed by atoms with Crippen molar-refractivity contribution in [3.05, 3.63) is 71.6 Å². The average molecular weight is 326 g/mol. The van der Waals surface area contributed by atoms with E-state index in [1.807, 2.05) is 0 Å². The highest BCUT2D eigenvalue weighted by molar-refractivity contribution is 5.89. The van der Waals surface area contributed by atoms with E-state index in [0.717, 1.165) is 0 Å². The van der Waals surface area contributed by atoms with Crippen LogP contribution in [-0.4, -0.2) is 11.9 Å². The van der Waals surface area contributed by atoms with Crippen LogP contribution in [0.15, 0.2) is 57.4 Å². The molecule has 0 aliphatic heterocycles. The summed E-state index contributed by atoms with van der Waals surface area (Å²) in [6.07, 6.45) is 0. The van der Waals surface area contributed by atoms with Crippen molar-refractivity contribution in [1.29, 1.82) is 0 Å². The van der Waals surface area contributed by atoms with Crippen molar-refractivity contribution in [3.8, 4) is 11.5 Å². The molecule has 0 bridgehead atoms. The molecule has 0 aliphatic carbocycles. The maximum Gasteiger partial charge on any atom is 0.379 e. The van der Waals surface area contributed by atoms with Gasteiger partial charge in [0.25, 0.3) is 0 Å². The van der Waals surface area contributed by atoms with Crippen LogP contribution in [0.25, 0.3) is 0 Å². The molecule has 0 saturated heterocycles. The van der Waals surface area contributed by atoms with Gasteiger partial charge in [0.15, 0.2) is 0 Å². The SMILES string of the molecule is Cc1ccc(C(=O)Oc2ccc(OC(=O)c3ccc(C)o3)cc2)o1. The van der Waals surface area contributed by atoms with Gasteiger partial charge in [0.2, 0.25) is 11.5 Å². The molecule has 122 valence electrons. The van der Waals surface area contributed by atoms with E-state index in [2.05, 4.69) is 0 Å². The second kappa shape index (κ2) is 6.45. The van der Waals surface area contributed by atoms with Crippen LogP contribution in [0.3, 0.4) is 0 Å². The number of rotatable bonds is 4. The van der Waals surface area contributed by atoms with Gasteiger partial charge in [0.1, 0.15) is 23.0 Å². The van der Waals surface area contributed by atoms with E-state index in [-0.39, 0.29) is 11.5 Å². The van der Waals surface area contributed by atoms with Crippen LogP contribution in [0, 0.1) is 13.8 Å². The van der Waals surface area contributed by atoms with Gasteiger partial charge in [0.05, 0.1) is 0 Å². The first-order valence-electron chi connectivity index (χ1n) is 7.18. The minimum Gasteiger partial charge on any atom is -0.454 e. The third kappa shape index (κ3) is 3.55. The van der Waals surface area contributed by atoms with Crippen molar-refractivity contribution in [2.75, 3.05) is 0 Å². The van der Waals surface area contributed by atoms with Crippen LogP contribution in [0.5, 0.6) is 11.5 Å². The number of aryl methyl sites for hydroxylation is 2. The summed E-state index contributed by atoms with van der Waals surface area (Å²) >= 11 is 0. The second-order valence-electron chi connectivity index (χ2n) is 5.07. The van der Waals surface area contributed by atoms with Gasteiger partial charge in [-0.05, 0) is 62.4 Å². The lowest BCUT2D eigenvalue weighted by Gasteiger charge is -2.05. The molecule has 0 fully saturated rings. The average Bonchev–Trinajstić information content (AvgIpc) is 3.18. The molecule has 3 aromatic rings. The van der Waals surface area contributed by atoms with Crippen molar-refractivity contribution in [3.63, 3.8) is 0 Å². The molecular weight excluding hydrogens is 312 g/mol. The van der Waals surface area contributed by atoms with E-state index in [4.69, 9.17) is 18.3 Å². The normalized spacial score (nSPS) is 10.4. The van der Waals surface area contributed by atoms with Crippen LogP contribution >= 0.6 is 0 Å². The fraction of sp³-hybridized carbons (Fsp3) is 0.111. The standard InChI is InChI=1S/C18H14O6/c1-11-3-9-15(21-11)17(19)23-13-5-7-14(8-6-13)24-18(20)16-10-4-12(2)22-16/h3-10H,1-2H3. The number of hydrogen-bond donors (Lipinski definition) is 0. The molecule has 3 rings (SSSR count). The van der Waals surface area contributed by atoms with Crippen molar-refractivity contribution < 1.29 is 27.9 Å². The van der Waals surface area contributed by atoms with E-state index >= 15 is 0 Å². The zero-order valence-electron chi connectivity index (χ0n) is 13.1. The maximum absolute atomic E-state index is 11.9. The lowest BCUT2D eigenvalue weighted by molar-refractivity contribution is 0.0685. The van der Waals surface area contributed by atoms with Crippen molar-refractivity contribution >= 4 is 11.9 Å². The number of benzene rings is 1. The lowest BCUT2D eigenvalue weighted by atomic mass is 10.3. The van der Waals surface area contributed by atoms with E-state index in [1.54, 1.807) is 38.1 Å². The summed E-state index contributed by atoms with van der Waals surface area (Å²) < 4.78 is 20.7. The van der Waals surface area contributed by atoms with E-state index < -0.39 is 11.9 Å². The van der Waals surface area contributed by atoms with Gasteiger partial charge in [-0.3, -0.25) is 0 Å². The molecule has 0 atom stereocenters. The number of furan rings is 2. The minimum absolute atomic E-state index is 0.121. The van der Waals surface area contributed by atoms with Gasteiger partial charge in [-0.15, -0.1) is 0 Å². The highest BCUT2D eigenvalue weighted by Crippen LogP contribution is 2.20. The Morgan fingerprint density at radius 2 is 1.04 bits per heavy atom. The Kier molecular flexibility index (Phi) is 4.20. The van der Waals surface area contributed by atoms with Crippen molar-refractivity contribution in [1.82, 2.24) is 0 Å². The molecule has 0 aliphatic rings. The maximum atomic E-state index is 11.9. The van der Waals surface area contributed by atoms with Crippen LogP contribution < -0.4 is 9.47 Å². The topological polar surface area (TPSA) is 78.9 Å². The summed E-state index contributed by atoms with van der Waals surface area (Å²) in [6, 6.07) is 12.5. The van der Waals surface area contributed by atoms with Crippen LogP contribution in [0.2, 0.25) is 0 Å². The summed E-state index contributed by atoms with van der Waals surface area (Å²) in [6.45, 7) is 3.47. The first-order valence-corrected chi connectivity index (χ1v) is 7.18. The summed E-state index contributed by atoms with van der Waals surface area (Å²) in [5.41, 5.74) is 0. The van der Waals surface area contributed by atoms with E-state index in [9.17, 15) is 9.59 Å². The molecule has 0 spiro atoms. The molecule has 24 heavy (non-hydrogen) atoms. The third-order valence-electron chi connectivity index (χ3n) is 3.13. The molecular formula is C18H14O6. The van der Waals surface area contributed by atoms with Crippen molar-refractivity contribution in [2.45, 2.75) is 13.8 Å². The first-order chi connectivity index (χ1) is 11.5. The summed E-state index contributed by atoms with van der Waals surface area (Å²) in [7, 11) is 0. The van der Waals surface area contributed by atoms with Gasteiger partial charge < -0.3 is 18.3 Å². The molecule has 6 nitrogen and oxygen atoms in total. The quantitative estimate of drug-likeness (QED) is 0.534. The predicted octanol–water partition coefficient (Wildman–Crippen LogP) is 3.93. The Morgan fingerprint density at radius 1 is 0.667 bits per heavy atom. The monoisotopic (exact) mass is 326 g/mol. The molecule has 1 aromatic carbocycles. The molecule has 0 amide bonds. The smallest absolute Gasteiger partial charge is 0.379 e. The van der Waals surface area contributed by atoms with Crippen LogP contribution in [0.4, 0.5) is 0 Å². The number of esters is 2. The van der Waals surface area contributed by atoms with Gasteiger partial charge in [0, 0.05) is 0 Å². The molecule has 0 N–H and O–H groups in total. The largest absolute Gasteiger partial charge is 0.454 e. The van der Waals surface area contributed by atoms with Crippen molar-refractivity contribution in [2.24, 2.45) is 0 Å². The number of hydrogen-bond acceptors (Lipinski definition) is 6. The molecule has 0 saturated carbocycles. The zero-order chi connectivity index (χ0) is 17.1. The fourth-order valence-corrected chi connectivity index (χ4v) is 1.98. The Morgan fingerprint density at radius 3 is 1.33 bits per heavy atom. The molecule has 2 aromatic heterocycles. The Hall–Kier alpha value is -3.28. The summed E-state index contributed by atoms with van der Waals surface area (Å²) in [4.78, 5) is 23.7.